The standard InChI is InChI=1S/C13H15Cl2N3O3/c14-11-7-9(18(20)21)6-10(12(11)15)13(19)17-8-2-1-4-16-5-3-8/h6-8,16H,1-5H2,(H,17,19). The maximum Gasteiger partial charge on any atom is 0.271 e. The van der Waals surface area contributed by atoms with Gasteiger partial charge in [0.2, 0.25) is 0 Å². The molecule has 0 aliphatic carbocycles. The average molecular weight is 332 g/mol. The molecule has 1 aromatic carbocycles. The molecule has 2 rings (SSSR count). The predicted molar refractivity (Wildman–Crippen MR) is 81.1 cm³/mol. The van der Waals surface area contributed by atoms with E-state index < -0.39 is 10.8 Å². The Labute approximate surface area is 132 Å². The number of hydrogen-bond donors (Lipinski definition) is 2. The zero-order valence-corrected chi connectivity index (χ0v) is 12.7. The number of nitrogens with one attached hydrogen (secondary N) is 2. The van der Waals surface area contributed by atoms with E-state index in [0.717, 1.165) is 44.5 Å². The summed E-state index contributed by atoms with van der Waals surface area (Å²) in [5, 5.41) is 17.0. The molecule has 0 spiro atoms. The molecule has 8 heteroatoms. The summed E-state index contributed by atoms with van der Waals surface area (Å²) in [7, 11) is 0. The van der Waals surface area contributed by atoms with Gasteiger partial charge in [0.25, 0.3) is 11.6 Å². The van der Waals surface area contributed by atoms with Crippen LogP contribution in [0.25, 0.3) is 0 Å². The fourth-order valence-corrected chi connectivity index (χ4v) is 2.68. The molecule has 6 nitrogen and oxygen atoms in total. The summed E-state index contributed by atoms with van der Waals surface area (Å²) in [6, 6.07) is 2.32. The molecule has 1 atom stereocenters. The molecule has 0 aromatic heterocycles. The molecule has 2 N–H and O–H groups in total. The molecule has 1 fully saturated rings. The summed E-state index contributed by atoms with van der Waals surface area (Å²) in [5.74, 6) is -0.433. The zero-order chi connectivity index (χ0) is 15.4. The van der Waals surface area contributed by atoms with Crippen LogP contribution in [0.4, 0.5) is 5.69 Å². The van der Waals surface area contributed by atoms with Gasteiger partial charge in [0.05, 0.1) is 20.5 Å². The summed E-state index contributed by atoms with van der Waals surface area (Å²) < 4.78 is 0. The van der Waals surface area contributed by atoms with Gasteiger partial charge in [-0.05, 0) is 32.4 Å². The molecule has 0 bridgehead atoms. The smallest absolute Gasteiger partial charge is 0.271 e. The fourth-order valence-electron chi connectivity index (χ4n) is 2.27. The van der Waals surface area contributed by atoms with Gasteiger partial charge in [0, 0.05) is 18.2 Å². The number of halogens is 2. The molecular weight excluding hydrogens is 317 g/mol. The van der Waals surface area contributed by atoms with Gasteiger partial charge in [0.15, 0.2) is 0 Å². The lowest BCUT2D eigenvalue weighted by atomic mass is 10.1. The van der Waals surface area contributed by atoms with Crippen molar-refractivity contribution < 1.29 is 9.72 Å². The van der Waals surface area contributed by atoms with E-state index in [-0.39, 0.29) is 27.3 Å². The van der Waals surface area contributed by atoms with Gasteiger partial charge in [-0.25, -0.2) is 0 Å². The van der Waals surface area contributed by atoms with Crippen LogP contribution < -0.4 is 10.6 Å². The zero-order valence-electron chi connectivity index (χ0n) is 11.2. The molecule has 0 radical (unpaired) electrons. The lowest BCUT2D eigenvalue weighted by Gasteiger charge is -2.16. The first-order valence-corrected chi connectivity index (χ1v) is 7.39. The van der Waals surface area contributed by atoms with Crippen molar-refractivity contribution >= 4 is 34.8 Å². The van der Waals surface area contributed by atoms with Crippen molar-refractivity contribution in [1.82, 2.24) is 10.6 Å². The summed E-state index contributed by atoms with van der Waals surface area (Å²) in [6.45, 7) is 1.75. The van der Waals surface area contributed by atoms with Crippen molar-refractivity contribution in [2.24, 2.45) is 0 Å². The van der Waals surface area contributed by atoms with E-state index in [2.05, 4.69) is 10.6 Å². The Kier molecular flexibility index (Phi) is 5.39. The molecule has 1 aliphatic heterocycles. The third kappa shape index (κ3) is 4.06. The highest BCUT2D eigenvalue weighted by atomic mass is 35.5. The van der Waals surface area contributed by atoms with Crippen molar-refractivity contribution in [3.63, 3.8) is 0 Å². The number of non-ortho nitro benzene ring substituents is 1. The number of rotatable bonds is 3. The van der Waals surface area contributed by atoms with Crippen molar-refractivity contribution in [3.8, 4) is 0 Å². The van der Waals surface area contributed by atoms with E-state index in [9.17, 15) is 14.9 Å². The third-order valence-electron chi connectivity index (χ3n) is 3.38. The first kappa shape index (κ1) is 16.0. The molecule has 1 unspecified atom stereocenters. The van der Waals surface area contributed by atoms with E-state index in [4.69, 9.17) is 23.2 Å². The molecule has 21 heavy (non-hydrogen) atoms. The Morgan fingerprint density at radius 2 is 2.10 bits per heavy atom. The van der Waals surface area contributed by atoms with E-state index in [0.29, 0.717) is 0 Å². The van der Waals surface area contributed by atoms with E-state index in [1.54, 1.807) is 0 Å². The molecule has 1 saturated heterocycles. The lowest BCUT2D eigenvalue weighted by Crippen LogP contribution is -2.35. The quantitative estimate of drug-likeness (QED) is 0.658. The number of hydrogen-bond acceptors (Lipinski definition) is 4. The second-order valence-corrected chi connectivity index (χ2v) is 5.68. The van der Waals surface area contributed by atoms with E-state index in [1.165, 1.54) is 0 Å². The number of nitro groups is 1. The maximum absolute atomic E-state index is 12.3. The van der Waals surface area contributed by atoms with Gasteiger partial charge < -0.3 is 10.6 Å². The van der Waals surface area contributed by atoms with Gasteiger partial charge in [-0.15, -0.1) is 0 Å². The highest BCUT2D eigenvalue weighted by Crippen LogP contribution is 2.31. The van der Waals surface area contributed by atoms with Gasteiger partial charge in [-0.1, -0.05) is 23.2 Å². The van der Waals surface area contributed by atoms with Crippen LogP contribution in [0.3, 0.4) is 0 Å². The van der Waals surface area contributed by atoms with Crippen LogP contribution in [-0.4, -0.2) is 30.0 Å². The number of carbonyl (C=O) groups excluding carboxylic acids is 1. The average Bonchev–Trinajstić information content (AvgIpc) is 2.69. The largest absolute Gasteiger partial charge is 0.349 e. The number of carbonyl (C=O) groups is 1. The topological polar surface area (TPSA) is 84.3 Å². The minimum atomic E-state index is -0.603. The Morgan fingerprint density at radius 3 is 2.81 bits per heavy atom. The van der Waals surface area contributed by atoms with Crippen molar-refractivity contribution in [2.75, 3.05) is 13.1 Å². The first-order valence-electron chi connectivity index (χ1n) is 6.64. The number of amides is 1. The summed E-state index contributed by atoms with van der Waals surface area (Å²) in [6.07, 6.45) is 2.64. The number of nitro benzene ring substituents is 1. The normalized spacial score (nSPS) is 18.9. The predicted octanol–water partition coefficient (Wildman–Crippen LogP) is 2.77. The second-order valence-electron chi connectivity index (χ2n) is 4.90. The van der Waals surface area contributed by atoms with Gasteiger partial charge >= 0.3 is 0 Å². The van der Waals surface area contributed by atoms with Crippen LogP contribution in [0.5, 0.6) is 0 Å². The fraction of sp³-hybridized carbons (Fsp3) is 0.462. The molecule has 1 aromatic rings. The molecule has 0 saturated carbocycles. The number of benzene rings is 1. The molecule has 1 heterocycles. The monoisotopic (exact) mass is 331 g/mol. The van der Waals surface area contributed by atoms with Gasteiger partial charge in [-0.3, -0.25) is 14.9 Å². The summed E-state index contributed by atoms with van der Waals surface area (Å²) in [5.41, 5.74) is -0.217. The minimum absolute atomic E-state index is 0.00134. The van der Waals surface area contributed by atoms with Gasteiger partial charge in [0.1, 0.15) is 0 Å². The van der Waals surface area contributed by atoms with Crippen molar-refractivity contribution in [2.45, 2.75) is 25.3 Å². The Hall–Kier alpha value is -1.37. The summed E-state index contributed by atoms with van der Waals surface area (Å²) in [4.78, 5) is 22.5. The molecule has 1 aliphatic rings. The third-order valence-corrected chi connectivity index (χ3v) is 4.18. The summed E-state index contributed by atoms with van der Waals surface area (Å²) >= 11 is 11.8. The minimum Gasteiger partial charge on any atom is -0.349 e. The second kappa shape index (κ2) is 7.06. The Morgan fingerprint density at radius 1 is 1.33 bits per heavy atom. The lowest BCUT2D eigenvalue weighted by molar-refractivity contribution is -0.384. The Bertz CT molecular complexity index is 558. The molecular formula is C13H15Cl2N3O3. The van der Waals surface area contributed by atoms with E-state index in [1.807, 2.05) is 0 Å². The van der Waals surface area contributed by atoms with Crippen LogP contribution in [-0.2, 0) is 0 Å². The molecule has 1 amide bonds. The van der Waals surface area contributed by atoms with Crippen LogP contribution in [0.2, 0.25) is 10.0 Å². The van der Waals surface area contributed by atoms with Crippen molar-refractivity contribution in [3.05, 3.63) is 37.9 Å². The highest BCUT2D eigenvalue weighted by Gasteiger charge is 2.22. The number of nitrogens with zero attached hydrogens (tertiary/aromatic N) is 1. The SMILES string of the molecule is O=C(NC1CCCNCC1)c1cc([N+](=O)[O-])cc(Cl)c1Cl. The van der Waals surface area contributed by atoms with Crippen LogP contribution in [0, 0.1) is 10.1 Å². The molecule has 114 valence electrons. The van der Waals surface area contributed by atoms with Gasteiger partial charge in [-0.2, -0.15) is 0 Å². The maximum atomic E-state index is 12.3. The van der Waals surface area contributed by atoms with Crippen LogP contribution in [0.15, 0.2) is 12.1 Å². The van der Waals surface area contributed by atoms with Crippen LogP contribution >= 0.6 is 23.2 Å². The first-order chi connectivity index (χ1) is 9.99. The highest BCUT2D eigenvalue weighted by molar-refractivity contribution is 6.44. The van der Waals surface area contributed by atoms with E-state index >= 15 is 0 Å². The van der Waals surface area contributed by atoms with Crippen molar-refractivity contribution in [1.29, 1.82) is 0 Å². The van der Waals surface area contributed by atoms with Crippen LogP contribution in [0.1, 0.15) is 29.6 Å². The Balaban J connectivity index is 2.19.